The lowest BCUT2D eigenvalue weighted by Crippen LogP contribution is -2.43. The van der Waals surface area contributed by atoms with Crippen LogP contribution in [0.5, 0.6) is 0 Å². The van der Waals surface area contributed by atoms with Gasteiger partial charge in [0.2, 0.25) is 0 Å². The average Bonchev–Trinajstić information content (AvgIpc) is 2.43. The Kier molecular flexibility index (Phi) is 5.48. The zero-order valence-corrected chi connectivity index (χ0v) is 12.4. The number of hydrogen-bond acceptors (Lipinski definition) is 5. The van der Waals surface area contributed by atoms with E-state index in [0.29, 0.717) is 11.4 Å². The first kappa shape index (κ1) is 14.6. The molecule has 1 atom stereocenters. The van der Waals surface area contributed by atoms with Crippen LogP contribution in [0.15, 0.2) is 18.5 Å². The van der Waals surface area contributed by atoms with Crippen LogP contribution in [0, 0.1) is 0 Å². The van der Waals surface area contributed by atoms with Crippen LogP contribution in [-0.2, 0) is 16.1 Å². The van der Waals surface area contributed by atoms with Crippen LogP contribution in [0.3, 0.4) is 0 Å². The minimum atomic E-state index is -0.154. The summed E-state index contributed by atoms with van der Waals surface area (Å²) in [5, 5.41) is 0.678. The maximum Gasteiger partial charge on any atom is 0.307 e. The molecule has 0 saturated carbocycles. The summed E-state index contributed by atoms with van der Waals surface area (Å²) >= 11 is 8.02. The molecule has 1 fully saturated rings. The fourth-order valence-electron chi connectivity index (χ4n) is 2.11. The van der Waals surface area contributed by atoms with Gasteiger partial charge in [0.05, 0.1) is 18.6 Å². The monoisotopic (exact) mass is 300 g/mol. The molecule has 2 rings (SSSR count). The molecule has 2 heterocycles. The van der Waals surface area contributed by atoms with Crippen LogP contribution in [0.25, 0.3) is 0 Å². The highest BCUT2D eigenvalue weighted by Crippen LogP contribution is 2.23. The first-order chi connectivity index (χ1) is 9.20. The standard InChI is InChI=1S/C13H17ClN2O2S/c1-18-13(17)6-11-9-19-5-4-16(11)8-10-2-3-15-7-12(10)14/h2-3,7,11H,4-6,8-9H2,1H3/t11-/m0/s1. The van der Waals surface area contributed by atoms with Crippen molar-refractivity contribution in [2.45, 2.75) is 19.0 Å². The second-order valence-corrected chi connectivity index (χ2v) is 6.00. The van der Waals surface area contributed by atoms with Crippen molar-refractivity contribution in [3.63, 3.8) is 0 Å². The second-order valence-electron chi connectivity index (χ2n) is 4.45. The molecule has 1 aromatic heterocycles. The van der Waals surface area contributed by atoms with E-state index in [2.05, 4.69) is 9.88 Å². The number of esters is 1. The van der Waals surface area contributed by atoms with Crippen LogP contribution in [-0.4, -0.2) is 47.1 Å². The van der Waals surface area contributed by atoms with Gasteiger partial charge in [-0.3, -0.25) is 14.7 Å². The summed E-state index contributed by atoms with van der Waals surface area (Å²) in [5.74, 6) is 1.89. The summed E-state index contributed by atoms with van der Waals surface area (Å²) < 4.78 is 4.76. The van der Waals surface area contributed by atoms with E-state index in [1.54, 1.807) is 12.4 Å². The van der Waals surface area contributed by atoms with E-state index in [1.807, 2.05) is 17.8 Å². The molecular weight excluding hydrogens is 284 g/mol. The average molecular weight is 301 g/mol. The Bertz CT molecular complexity index is 444. The molecule has 0 bridgehead atoms. The third kappa shape index (κ3) is 4.09. The largest absolute Gasteiger partial charge is 0.469 e. The van der Waals surface area contributed by atoms with Gasteiger partial charge in [-0.2, -0.15) is 11.8 Å². The van der Waals surface area contributed by atoms with Gasteiger partial charge < -0.3 is 4.74 Å². The normalized spacial score (nSPS) is 20.2. The van der Waals surface area contributed by atoms with Crippen molar-refractivity contribution in [1.82, 2.24) is 9.88 Å². The number of methoxy groups -OCH3 is 1. The molecule has 1 aromatic rings. The number of aromatic nitrogens is 1. The quantitative estimate of drug-likeness (QED) is 0.798. The highest BCUT2D eigenvalue weighted by atomic mass is 35.5. The van der Waals surface area contributed by atoms with Gasteiger partial charge in [-0.25, -0.2) is 0 Å². The molecule has 1 aliphatic rings. The number of carbonyl (C=O) groups excluding carboxylic acids is 1. The molecule has 0 unspecified atom stereocenters. The van der Waals surface area contributed by atoms with Crippen LogP contribution >= 0.6 is 23.4 Å². The fourth-order valence-corrected chi connectivity index (χ4v) is 3.42. The highest BCUT2D eigenvalue weighted by Gasteiger charge is 2.25. The van der Waals surface area contributed by atoms with Crippen molar-refractivity contribution in [2.24, 2.45) is 0 Å². The third-order valence-corrected chi connectivity index (χ3v) is 4.64. The number of thioether (sulfide) groups is 1. The maximum atomic E-state index is 11.5. The van der Waals surface area contributed by atoms with E-state index >= 15 is 0 Å². The lowest BCUT2D eigenvalue weighted by Gasteiger charge is -2.34. The molecular formula is C13H17ClN2O2S. The maximum absolute atomic E-state index is 11.5. The number of nitrogens with zero attached hydrogens (tertiary/aromatic N) is 2. The summed E-state index contributed by atoms with van der Waals surface area (Å²) in [6.45, 7) is 1.72. The molecule has 0 spiro atoms. The Balaban J connectivity index is 2.03. The highest BCUT2D eigenvalue weighted by molar-refractivity contribution is 7.99. The Morgan fingerprint density at radius 3 is 3.26 bits per heavy atom. The first-order valence-corrected chi connectivity index (χ1v) is 7.71. The molecule has 104 valence electrons. The predicted molar refractivity (Wildman–Crippen MR) is 77.4 cm³/mol. The van der Waals surface area contributed by atoms with E-state index in [-0.39, 0.29) is 12.0 Å². The number of hydrogen-bond donors (Lipinski definition) is 0. The number of rotatable bonds is 4. The van der Waals surface area contributed by atoms with Crippen molar-refractivity contribution in [1.29, 1.82) is 0 Å². The topological polar surface area (TPSA) is 42.4 Å². The molecule has 0 aliphatic carbocycles. The van der Waals surface area contributed by atoms with Crippen molar-refractivity contribution in [3.8, 4) is 0 Å². The minimum Gasteiger partial charge on any atom is -0.469 e. The molecule has 0 amide bonds. The Labute approximate surface area is 122 Å². The lowest BCUT2D eigenvalue weighted by molar-refractivity contribution is -0.141. The summed E-state index contributed by atoms with van der Waals surface area (Å²) in [4.78, 5) is 17.7. The van der Waals surface area contributed by atoms with E-state index in [9.17, 15) is 4.79 Å². The Hall–Kier alpha value is -0.780. The SMILES string of the molecule is COC(=O)C[C@H]1CSCCN1Cc1ccncc1Cl. The van der Waals surface area contributed by atoms with Gasteiger partial charge in [0.1, 0.15) is 0 Å². The first-order valence-electron chi connectivity index (χ1n) is 6.17. The molecule has 6 heteroatoms. The van der Waals surface area contributed by atoms with Crippen LogP contribution in [0.1, 0.15) is 12.0 Å². The summed E-state index contributed by atoms with van der Waals surface area (Å²) in [7, 11) is 1.43. The molecule has 4 nitrogen and oxygen atoms in total. The number of ether oxygens (including phenoxy) is 1. The van der Waals surface area contributed by atoms with E-state index in [4.69, 9.17) is 16.3 Å². The third-order valence-electron chi connectivity index (χ3n) is 3.21. The molecule has 19 heavy (non-hydrogen) atoms. The number of pyridine rings is 1. The molecule has 0 radical (unpaired) electrons. The van der Waals surface area contributed by atoms with Crippen molar-refractivity contribution >= 4 is 29.3 Å². The van der Waals surface area contributed by atoms with Gasteiger partial charge in [0, 0.05) is 43.0 Å². The van der Waals surface area contributed by atoms with Crippen LogP contribution < -0.4 is 0 Å². The Morgan fingerprint density at radius 2 is 2.53 bits per heavy atom. The predicted octanol–water partition coefficient (Wildman–Crippen LogP) is 2.22. The Morgan fingerprint density at radius 1 is 1.68 bits per heavy atom. The minimum absolute atomic E-state index is 0.154. The number of halogens is 1. The van der Waals surface area contributed by atoms with Gasteiger partial charge in [0.15, 0.2) is 0 Å². The van der Waals surface area contributed by atoms with Crippen molar-refractivity contribution < 1.29 is 9.53 Å². The van der Waals surface area contributed by atoms with Gasteiger partial charge >= 0.3 is 5.97 Å². The van der Waals surface area contributed by atoms with Gasteiger partial charge in [-0.15, -0.1) is 0 Å². The molecule has 0 aromatic carbocycles. The van der Waals surface area contributed by atoms with Crippen molar-refractivity contribution in [2.75, 3.05) is 25.2 Å². The fraction of sp³-hybridized carbons (Fsp3) is 0.538. The van der Waals surface area contributed by atoms with Crippen molar-refractivity contribution in [3.05, 3.63) is 29.0 Å². The lowest BCUT2D eigenvalue weighted by atomic mass is 10.1. The van der Waals surface area contributed by atoms with Gasteiger partial charge in [-0.05, 0) is 11.6 Å². The summed E-state index contributed by atoms with van der Waals surface area (Å²) in [5.41, 5.74) is 1.05. The van der Waals surface area contributed by atoms with E-state index < -0.39 is 0 Å². The molecule has 0 N–H and O–H groups in total. The van der Waals surface area contributed by atoms with E-state index in [1.165, 1.54) is 7.11 Å². The van der Waals surface area contributed by atoms with Gasteiger partial charge in [0.25, 0.3) is 0 Å². The van der Waals surface area contributed by atoms with E-state index in [0.717, 1.165) is 30.2 Å². The smallest absolute Gasteiger partial charge is 0.307 e. The second kappa shape index (κ2) is 7.12. The molecule has 1 aliphatic heterocycles. The van der Waals surface area contributed by atoms with Gasteiger partial charge in [-0.1, -0.05) is 11.6 Å². The van der Waals surface area contributed by atoms with Crippen LogP contribution in [0.2, 0.25) is 5.02 Å². The van der Waals surface area contributed by atoms with Crippen LogP contribution in [0.4, 0.5) is 0 Å². The zero-order chi connectivity index (χ0) is 13.7. The summed E-state index contributed by atoms with van der Waals surface area (Å²) in [6.07, 6.45) is 3.84. The summed E-state index contributed by atoms with van der Waals surface area (Å²) in [6, 6.07) is 2.15. The molecule has 1 saturated heterocycles. The number of carbonyl (C=O) groups is 1. The zero-order valence-electron chi connectivity index (χ0n) is 10.8.